The van der Waals surface area contributed by atoms with Crippen LogP contribution in [0.3, 0.4) is 0 Å². The van der Waals surface area contributed by atoms with Gasteiger partial charge >= 0.3 is 13.2 Å². The van der Waals surface area contributed by atoms with Gasteiger partial charge in [0, 0.05) is 35.1 Å². The minimum Gasteiger partial charge on any atom is -0.481 e. The number of methoxy groups -OCH3 is 1. The van der Waals surface area contributed by atoms with Gasteiger partial charge in [-0.15, -0.1) is 0 Å². The van der Waals surface area contributed by atoms with Crippen LogP contribution in [0.2, 0.25) is 5.02 Å². The molecule has 0 radical (unpaired) electrons. The molecular formula is C25H31BClN3O6. The summed E-state index contributed by atoms with van der Waals surface area (Å²) in [7, 11) is 0.897. The van der Waals surface area contributed by atoms with Crippen molar-refractivity contribution in [2.75, 3.05) is 13.7 Å². The number of benzene rings is 1. The van der Waals surface area contributed by atoms with Gasteiger partial charge in [0.15, 0.2) is 0 Å². The van der Waals surface area contributed by atoms with Crippen LogP contribution in [-0.2, 0) is 25.4 Å². The smallest absolute Gasteiger partial charge is 0.481 e. The molecule has 2 aliphatic heterocycles. The Hall–Kier alpha value is -2.82. The third-order valence-corrected chi connectivity index (χ3v) is 7.30. The summed E-state index contributed by atoms with van der Waals surface area (Å²) in [4.78, 5) is 28.0. The second-order valence-corrected chi connectivity index (χ2v) is 10.3. The largest absolute Gasteiger partial charge is 0.496 e. The van der Waals surface area contributed by atoms with Gasteiger partial charge in [-0.1, -0.05) is 29.8 Å². The monoisotopic (exact) mass is 515 g/mol. The first-order valence-corrected chi connectivity index (χ1v) is 12.3. The molecular weight excluding hydrogens is 485 g/mol. The molecule has 192 valence electrons. The van der Waals surface area contributed by atoms with Crippen molar-refractivity contribution in [2.45, 2.75) is 64.4 Å². The van der Waals surface area contributed by atoms with E-state index in [1.807, 2.05) is 45.9 Å². The molecule has 2 aliphatic rings. The van der Waals surface area contributed by atoms with E-state index < -0.39 is 24.4 Å². The molecule has 1 unspecified atom stereocenters. The average Bonchev–Trinajstić information content (AvgIpc) is 3.34. The van der Waals surface area contributed by atoms with E-state index in [1.54, 1.807) is 12.1 Å². The van der Waals surface area contributed by atoms with E-state index in [0.717, 1.165) is 5.46 Å². The Morgan fingerprint density at radius 2 is 1.94 bits per heavy atom. The molecule has 0 bridgehead atoms. The molecule has 1 aromatic carbocycles. The van der Waals surface area contributed by atoms with Gasteiger partial charge < -0.3 is 29.4 Å². The van der Waals surface area contributed by atoms with Crippen LogP contribution >= 0.6 is 11.6 Å². The summed E-state index contributed by atoms with van der Waals surface area (Å²) in [6.45, 7) is 8.25. The average molecular weight is 516 g/mol. The first-order chi connectivity index (χ1) is 17.0. The zero-order valence-electron chi connectivity index (χ0n) is 21.1. The highest BCUT2D eigenvalue weighted by Gasteiger charge is 2.52. The lowest BCUT2D eigenvalue weighted by Crippen LogP contribution is -2.41. The second kappa shape index (κ2) is 10.3. The molecule has 2 fully saturated rings. The van der Waals surface area contributed by atoms with E-state index in [4.69, 9.17) is 30.4 Å². The predicted octanol–water partition coefficient (Wildman–Crippen LogP) is 3.21. The van der Waals surface area contributed by atoms with Crippen molar-refractivity contribution in [3.8, 4) is 17.1 Å². The summed E-state index contributed by atoms with van der Waals surface area (Å²) in [5, 5.41) is 5.93. The molecule has 2 aromatic rings. The normalized spacial score (nSPS) is 20.2. The highest BCUT2D eigenvalue weighted by molar-refractivity contribution is 6.66. The van der Waals surface area contributed by atoms with Crippen molar-refractivity contribution in [1.82, 2.24) is 15.6 Å². The quantitative estimate of drug-likeness (QED) is 0.545. The molecule has 36 heavy (non-hydrogen) atoms. The lowest BCUT2D eigenvalue weighted by molar-refractivity contribution is -0.119. The number of ether oxygens (including phenoxy) is 2. The van der Waals surface area contributed by atoms with Gasteiger partial charge in [0.25, 0.3) is 0 Å². The lowest BCUT2D eigenvalue weighted by atomic mass is 9.78. The number of halogens is 1. The molecule has 0 spiro atoms. The highest BCUT2D eigenvalue weighted by atomic mass is 35.5. The van der Waals surface area contributed by atoms with Crippen molar-refractivity contribution in [3.63, 3.8) is 0 Å². The maximum Gasteiger partial charge on any atom is 0.496 e. The number of carbonyl (C=O) groups excluding carboxylic acids is 2. The Kier molecular flexibility index (Phi) is 7.50. The fourth-order valence-electron chi connectivity index (χ4n) is 4.04. The summed E-state index contributed by atoms with van der Waals surface area (Å²) >= 11 is 6.80. The number of nitrogens with zero attached hydrogens (tertiary/aromatic N) is 1. The zero-order valence-corrected chi connectivity index (χ0v) is 21.9. The summed E-state index contributed by atoms with van der Waals surface area (Å²) in [5.74, 6) is 0.313. The Bertz CT molecular complexity index is 1140. The third-order valence-electron chi connectivity index (χ3n) is 6.88. The van der Waals surface area contributed by atoms with Crippen LogP contribution in [-0.4, -0.2) is 55.0 Å². The number of alkyl carbamates (subject to hydrolysis) is 1. The molecule has 3 heterocycles. The van der Waals surface area contributed by atoms with Crippen LogP contribution in [0.4, 0.5) is 4.79 Å². The van der Waals surface area contributed by atoms with Crippen LogP contribution in [0.15, 0.2) is 30.3 Å². The Balaban J connectivity index is 1.45. The molecule has 0 saturated carbocycles. The van der Waals surface area contributed by atoms with Crippen LogP contribution in [0.5, 0.6) is 5.88 Å². The van der Waals surface area contributed by atoms with Crippen LogP contribution in [0.1, 0.15) is 46.1 Å². The van der Waals surface area contributed by atoms with Gasteiger partial charge in [0.1, 0.15) is 6.61 Å². The minimum absolute atomic E-state index is 0.00678. The minimum atomic E-state index is -0.604. The van der Waals surface area contributed by atoms with Gasteiger partial charge in [-0.2, -0.15) is 0 Å². The summed E-state index contributed by atoms with van der Waals surface area (Å²) < 4.78 is 23.1. The number of amides is 2. The Labute approximate surface area is 216 Å². The molecule has 1 aromatic heterocycles. The lowest BCUT2D eigenvalue weighted by Gasteiger charge is -2.32. The second-order valence-electron chi connectivity index (χ2n) is 9.92. The molecule has 11 heteroatoms. The molecule has 9 nitrogen and oxygen atoms in total. The Morgan fingerprint density at radius 3 is 2.58 bits per heavy atom. The molecule has 4 rings (SSSR count). The highest BCUT2D eigenvalue weighted by Crippen LogP contribution is 2.38. The van der Waals surface area contributed by atoms with E-state index in [-0.39, 0.29) is 18.6 Å². The van der Waals surface area contributed by atoms with Gasteiger partial charge in [-0.25, -0.2) is 9.78 Å². The summed E-state index contributed by atoms with van der Waals surface area (Å²) in [6.07, 6.45) is 0.581. The van der Waals surface area contributed by atoms with Crippen LogP contribution in [0, 0.1) is 0 Å². The SMILES string of the molecule is COc1nc(-c2cccc(B3OC(C)(C)C(C)(C)O3)c2Cl)ccc1COC(=O)NCC1CCC(=O)N1. The number of pyridine rings is 1. The first kappa shape index (κ1) is 26.3. The number of carbonyl (C=O) groups is 2. The fourth-order valence-corrected chi connectivity index (χ4v) is 4.35. The number of hydrogen-bond acceptors (Lipinski definition) is 7. The number of aromatic nitrogens is 1. The summed E-state index contributed by atoms with van der Waals surface area (Å²) in [6, 6.07) is 9.13. The Morgan fingerprint density at radius 1 is 1.22 bits per heavy atom. The molecule has 2 N–H and O–H groups in total. The predicted molar refractivity (Wildman–Crippen MR) is 136 cm³/mol. The molecule has 0 aliphatic carbocycles. The number of rotatable bonds is 7. The third kappa shape index (κ3) is 5.45. The van der Waals surface area contributed by atoms with Crippen molar-refractivity contribution in [3.05, 3.63) is 40.9 Å². The summed E-state index contributed by atoms with van der Waals surface area (Å²) in [5.41, 5.74) is 1.64. The van der Waals surface area contributed by atoms with Crippen molar-refractivity contribution in [1.29, 1.82) is 0 Å². The number of hydrogen-bond donors (Lipinski definition) is 2. The molecule has 2 amide bonds. The van der Waals surface area contributed by atoms with Gasteiger partial charge in [0.2, 0.25) is 11.8 Å². The van der Waals surface area contributed by atoms with Crippen LogP contribution < -0.4 is 20.8 Å². The maximum atomic E-state index is 12.1. The van der Waals surface area contributed by atoms with E-state index in [1.165, 1.54) is 7.11 Å². The van der Waals surface area contributed by atoms with Crippen molar-refractivity contribution < 1.29 is 28.4 Å². The standard InChI is InChI=1S/C25H31BClN3O6/c1-24(2)25(3,4)36-26(35-24)18-8-6-7-17(21(18)27)19-11-9-15(22(30-19)33-5)14-34-23(32)28-13-16-10-12-20(31)29-16/h6-9,11,16H,10,12-14H2,1-5H3,(H,28,32)(H,29,31). The van der Waals surface area contributed by atoms with Gasteiger partial charge in [-0.3, -0.25) is 4.79 Å². The number of nitrogens with one attached hydrogen (secondary N) is 2. The molecule has 2 saturated heterocycles. The van der Waals surface area contributed by atoms with Crippen molar-refractivity contribution in [2.24, 2.45) is 0 Å². The van der Waals surface area contributed by atoms with E-state index in [9.17, 15) is 9.59 Å². The van der Waals surface area contributed by atoms with E-state index >= 15 is 0 Å². The van der Waals surface area contributed by atoms with Crippen LogP contribution in [0.25, 0.3) is 11.3 Å². The zero-order chi connectivity index (χ0) is 26.1. The van der Waals surface area contributed by atoms with Gasteiger partial charge in [-0.05, 0) is 46.2 Å². The van der Waals surface area contributed by atoms with Crippen molar-refractivity contribution >= 4 is 36.2 Å². The van der Waals surface area contributed by atoms with E-state index in [0.29, 0.717) is 47.1 Å². The maximum absolute atomic E-state index is 12.1. The van der Waals surface area contributed by atoms with Gasteiger partial charge in [0.05, 0.1) is 29.6 Å². The topological polar surface area (TPSA) is 108 Å². The first-order valence-electron chi connectivity index (χ1n) is 11.9. The molecule has 1 atom stereocenters. The van der Waals surface area contributed by atoms with E-state index in [2.05, 4.69) is 15.6 Å². The fraction of sp³-hybridized carbons (Fsp3) is 0.480.